The van der Waals surface area contributed by atoms with E-state index in [0.29, 0.717) is 12.8 Å². The Hall–Kier alpha value is -3.68. The normalized spacial score (nSPS) is 17.9. The molecule has 0 spiro atoms. The summed E-state index contributed by atoms with van der Waals surface area (Å²) in [5.74, 6) is 0. The van der Waals surface area contributed by atoms with E-state index in [0.717, 1.165) is 41.3 Å². The Labute approximate surface area is 212 Å². The van der Waals surface area contributed by atoms with Crippen LogP contribution in [-0.4, -0.2) is 42.2 Å². The highest BCUT2D eigenvalue weighted by atomic mass is 16.3. The number of benzene rings is 1. The lowest BCUT2D eigenvalue weighted by molar-refractivity contribution is 0.118. The number of hydrogen-bond acceptors (Lipinski definition) is 6. The Kier molecular flexibility index (Phi) is 8.71. The van der Waals surface area contributed by atoms with Crippen LogP contribution in [0.5, 0.6) is 0 Å². The average molecular weight is 483 g/mol. The maximum atomic E-state index is 8.55. The molecule has 1 saturated heterocycles. The van der Waals surface area contributed by atoms with E-state index in [1.165, 1.54) is 11.1 Å². The molecule has 7 heteroatoms. The van der Waals surface area contributed by atoms with Crippen molar-refractivity contribution in [3.63, 3.8) is 0 Å². The zero-order chi connectivity index (χ0) is 25.3. The number of aliphatic hydroxyl groups is 1. The van der Waals surface area contributed by atoms with E-state index in [9.17, 15) is 0 Å². The lowest BCUT2D eigenvalue weighted by Gasteiger charge is -2.42. The van der Waals surface area contributed by atoms with Gasteiger partial charge < -0.3 is 15.5 Å². The minimum Gasteiger partial charge on any atom is -0.392 e. The van der Waals surface area contributed by atoms with Gasteiger partial charge in [0.1, 0.15) is 0 Å². The van der Waals surface area contributed by atoms with Crippen LogP contribution in [-0.2, 0) is 13.0 Å². The second kappa shape index (κ2) is 12.3. The molecule has 2 atom stereocenters. The average Bonchev–Trinajstić information content (AvgIpc) is 3.43. The van der Waals surface area contributed by atoms with Crippen molar-refractivity contribution in [3.05, 3.63) is 113 Å². The van der Waals surface area contributed by atoms with E-state index in [1.807, 2.05) is 61.1 Å². The van der Waals surface area contributed by atoms with Crippen molar-refractivity contribution >= 4 is 5.71 Å². The molecule has 5 rings (SSSR count). The molecule has 4 aromatic rings. The minimum absolute atomic E-state index is 0.0803. The zero-order valence-corrected chi connectivity index (χ0v) is 20.9. The van der Waals surface area contributed by atoms with Crippen LogP contribution in [0.2, 0.25) is 0 Å². The number of H-pyrrole nitrogens is 1. The lowest BCUT2D eigenvalue weighted by atomic mass is 9.87. The van der Waals surface area contributed by atoms with Crippen LogP contribution < -0.4 is 0 Å². The molecule has 0 bridgehead atoms. The Balaban J connectivity index is 0.000000325. The van der Waals surface area contributed by atoms with Crippen molar-refractivity contribution in [2.24, 2.45) is 0 Å². The highest BCUT2D eigenvalue weighted by Gasteiger charge is 2.37. The van der Waals surface area contributed by atoms with E-state index in [4.69, 9.17) is 20.5 Å². The largest absolute Gasteiger partial charge is 0.392 e. The van der Waals surface area contributed by atoms with E-state index in [1.54, 1.807) is 6.33 Å². The van der Waals surface area contributed by atoms with Crippen LogP contribution in [0.3, 0.4) is 0 Å². The summed E-state index contributed by atoms with van der Waals surface area (Å²) >= 11 is 0. The summed E-state index contributed by atoms with van der Waals surface area (Å²) in [5, 5.41) is 17.1. The van der Waals surface area contributed by atoms with Gasteiger partial charge >= 0.3 is 0 Å². The molecular weight excluding hydrogens is 448 g/mol. The number of hydrogen-bond donors (Lipinski definition) is 3. The predicted molar refractivity (Wildman–Crippen MR) is 142 cm³/mol. The summed E-state index contributed by atoms with van der Waals surface area (Å²) in [7, 11) is 0. The molecule has 3 N–H and O–H groups in total. The van der Waals surface area contributed by atoms with Crippen molar-refractivity contribution in [1.82, 2.24) is 24.8 Å². The van der Waals surface area contributed by atoms with Crippen molar-refractivity contribution < 1.29 is 5.11 Å². The molecule has 0 aliphatic carbocycles. The number of aliphatic hydroxyl groups excluding tert-OH is 1. The monoisotopic (exact) mass is 482 g/mol. The molecule has 2 unspecified atom stereocenters. The van der Waals surface area contributed by atoms with Crippen LogP contribution in [0, 0.1) is 19.3 Å². The molecule has 1 fully saturated rings. The Morgan fingerprint density at radius 3 is 2.00 bits per heavy atom. The van der Waals surface area contributed by atoms with Gasteiger partial charge in [0.05, 0.1) is 36.4 Å². The van der Waals surface area contributed by atoms with E-state index in [-0.39, 0.29) is 18.7 Å². The fourth-order valence-corrected chi connectivity index (χ4v) is 4.77. The highest BCUT2D eigenvalue weighted by molar-refractivity contribution is 5.83. The van der Waals surface area contributed by atoms with Crippen molar-refractivity contribution in [3.8, 4) is 0 Å². The van der Waals surface area contributed by atoms with Crippen LogP contribution in [0.15, 0.2) is 79.5 Å². The number of aromatic amines is 1. The maximum Gasteiger partial charge on any atom is 0.0921 e. The van der Waals surface area contributed by atoms with Gasteiger partial charge in [0.25, 0.3) is 0 Å². The van der Waals surface area contributed by atoms with Crippen LogP contribution in [0.25, 0.3) is 0 Å². The van der Waals surface area contributed by atoms with Gasteiger partial charge in [-0.1, -0.05) is 42.5 Å². The standard InChI is InChI=1S/C22H26N6.C7H8O/c1-15-5-3-8-25-21(15)19-11-17(23)12-20(22-16(2)6-4-9-26-22)28(19)10-7-18-13-24-14-27-18;8-6-7-4-2-1-3-5-7/h3-6,8-9,13-14,19-20,23H,7,10-12H2,1-2H3,(H,24,27);1-5,8H,6H2. The van der Waals surface area contributed by atoms with Gasteiger partial charge in [-0.25, -0.2) is 4.98 Å². The molecule has 0 saturated carbocycles. The first-order chi connectivity index (χ1) is 17.6. The Bertz CT molecular complexity index is 1180. The number of aryl methyl sites for hydroxylation is 2. The van der Waals surface area contributed by atoms with Gasteiger partial charge in [-0.2, -0.15) is 0 Å². The Morgan fingerprint density at radius 1 is 0.917 bits per heavy atom. The van der Waals surface area contributed by atoms with E-state index >= 15 is 0 Å². The van der Waals surface area contributed by atoms with Crippen LogP contribution >= 0.6 is 0 Å². The molecule has 7 nitrogen and oxygen atoms in total. The number of likely N-dealkylation sites (tertiary alicyclic amines) is 1. The number of nitrogens with zero attached hydrogens (tertiary/aromatic N) is 4. The van der Waals surface area contributed by atoms with Gasteiger partial charge in [0.15, 0.2) is 0 Å². The quantitative estimate of drug-likeness (QED) is 0.353. The van der Waals surface area contributed by atoms with Gasteiger partial charge in [-0.05, 0) is 42.7 Å². The molecule has 36 heavy (non-hydrogen) atoms. The van der Waals surface area contributed by atoms with E-state index in [2.05, 4.69) is 40.8 Å². The molecule has 1 aliphatic rings. The summed E-state index contributed by atoms with van der Waals surface area (Å²) in [6.07, 6.45) is 9.61. The Morgan fingerprint density at radius 2 is 1.53 bits per heavy atom. The van der Waals surface area contributed by atoms with Crippen molar-refractivity contribution in [2.75, 3.05) is 6.54 Å². The minimum atomic E-state index is 0.0803. The molecular formula is C29H34N6O. The van der Waals surface area contributed by atoms with Crippen molar-refractivity contribution in [1.29, 1.82) is 5.41 Å². The fourth-order valence-electron chi connectivity index (χ4n) is 4.77. The maximum absolute atomic E-state index is 8.55. The first kappa shape index (κ1) is 25.4. The summed E-state index contributed by atoms with van der Waals surface area (Å²) in [5.41, 5.74) is 7.32. The lowest BCUT2D eigenvalue weighted by Crippen LogP contribution is -2.42. The first-order valence-electron chi connectivity index (χ1n) is 12.3. The first-order valence-corrected chi connectivity index (χ1v) is 12.3. The smallest absolute Gasteiger partial charge is 0.0921 e. The number of imidazole rings is 1. The summed E-state index contributed by atoms with van der Waals surface area (Å²) in [6, 6.07) is 17.8. The molecule has 0 radical (unpaired) electrons. The SMILES string of the molecule is Cc1cccnc1C1CC(=N)CC(c2ncccc2C)N1CCc1cnc[nH]1.OCc1ccccc1. The summed E-state index contributed by atoms with van der Waals surface area (Å²) < 4.78 is 0. The third-order valence-corrected chi connectivity index (χ3v) is 6.63. The molecule has 3 aromatic heterocycles. The number of pyridine rings is 2. The van der Waals surface area contributed by atoms with E-state index < -0.39 is 0 Å². The van der Waals surface area contributed by atoms with Gasteiger partial charge in [-0.15, -0.1) is 0 Å². The fraction of sp³-hybridized carbons (Fsp3) is 0.310. The topological polar surface area (TPSA) is 102 Å². The summed E-state index contributed by atoms with van der Waals surface area (Å²) in [4.78, 5) is 19.3. The zero-order valence-electron chi connectivity index (χ0n) is 20.9. The molecule has 1 aromatic carbocycles. The van der Waals surface area contributed by atoms with Crippen LogP contribution in [0.4, 0.5) is 0 Å². The van der Waals surface area contributed by atoms with Gasteiger partial charge in [0.2, 0.25) is 0 Å². The number of rotatable bonds is 6. The summed E-state index contributed by atoms with van der Waals surface area (Å²) in [6.45, 7) is 5.21. The molecule has 4 heterocycles. The highest BCUT2D eigenvalue weighted by Crippen LogP contribution is 2.40. The van der Waals surface area contributed by atoms with Crippen LogP contribution in [0.1, 0.15) is 58.7 Å². The van der Waals surface area contributed by atoms with Gasteiger partial charge in [0, 0.05) is 55.8 Å². The predicted octanol–water partition coefficient (Wildman–Crippen LogP) is 5.14. The third-order valence-electron chi connectivity index (χ3n) is 6.63. The number of aromatic nitrogens is 4. The molecule has 186 valence electrons. The number of nitrogens with one attached hydrogen (secondary N) is 2. The molecule has 1 aliphatic heterocycles. The molecule has 0 amide bonds. The third kappa shape index (κ3) is 6.30. The second-order valence-corrected chi connectivity index (χ2v) is 9.16. The number of piperidine rings is 1. The van der Waals surface area contributed by atoms with Crippen molar-refractivity contribution in [2.45, 2.75) is 51.8 Å². The second-order valence-electron chi connectivity index (χ2n) is 9.16. The van der Waals surface area contributed by atoms with Gasteiger partial charge in [-0.3, -0.25) is 14.9 Å².